The quantitative estimate of drug-likeness (QED) is 0.609. The number of aliphatic imine (C=N–C) groups is 1. The molecular formula is C19H29N5O2. The summed E-state index contributed by atoms with van der Waals surface area (Å²) in [6.07, 6.45) is 0. The maximum atomic E-state index is 11.8. The molecule has 1 heterocycles. The van der Waals surface area contributed by atoms with E-state index in [4.69, 9.17) is 4.99 Å². The molecule has 1 aromatic rings. The number of amides is 2. The first-order chi connectivity index (χ1) is 12.5. The van der Waals surface area contributed by atoms with E-state index >= 15 is 0 Å². The number of guanidine groups is 1. The SMILES string of the molecule is CCNC(=O)c1ccc(CN=C(NCC)N2CCN(C(C)=O)CC2)cc1. The second-order valence-corrected chi connectivity index (χ2v) is 6.22. The summed E-state index contributed by atoms with van der Waals surface area (Å²) in [7, 11) is 0. The third-order valence-corrected chi connectivity index (χ3v) is 4.32. The minimum Gasteiger partial charge on any atom is -0.357 e. The molecule has 0 spiro atoms. The molecule has 0 radical (unpaired) electrons. The largest absolute Gasteiger partial charge is 0.357 e. The number of nitrogens with one attached hydrogen (secondary N) is 2. The molecule has 7 nitrogen and oxygen atoms in total. The fourth-order valence-electron chi connectivity index (χ4n) is 2.85. The number of carbonyl (C=O) groups excluding carboxylic acids is 2. The molecule has 0 bridgehead atoms. The van der Waals surface area contributed by atoms with E-state index in [0.717, 1.165) is 44.2 Å². The van der Waals surface area contributed by atoms with Gasteiger partial charge in [-0.1, -0.05) is 12.1 Å². The van der Waals surface area contributed by atoms with Crippen molar-refractivity contribution in [1.82, 2.24) is 20.4 Å². The van der Waals surface area contributed by atoms with Crippen molar-refractivity contribution in [3.8, 4) is 0 Å². The standard InChI is InChI=1S/C19H29N5O2/c1-4-20-18(26)17-8-6-16(7-9-17)14-22-19(21-5-2)24-12-10-23(11-13-24)15(3)25/h6-9H,4-5,10-14H2,1-3H3,(H,20,26)(H,21,22). The van der Waals surface area contributed by atoms with Gasteiger partial charge in [0.15, 0.2) is 5.96 Å². The lowest BCUT2D eigenvalue weighted by Gasteiger charge is -2.36. The van der Waals surface area contributed by atoms with Gasteiger partial charge < -0.3 is 20.4 Å². The van der Waals surface area contributed by atoms with Gasteiger partial charge in [-0.25, -0.2) is 4.99 Å². The topological polar surface area (TPSA) is 77.0 Å². The van der Waals surface area contributed by atoms with Gasteiger partial charge in [0.05, 0.1) is 6.54 Å². The molecule has 0 aromatic heterocycles. The highest BCUT2D eigenvalue weighted by molar-refractivity contribution is 5.94. The minimum atomic E-state index is -0.0563. The Morgan fingerprint density at radius 3 is 2.08 bits per heavy atom. The fourth-order valence-corrected chi connectivity index (χ4v) is 2.85. The Morgan fingerprint density at radius 2 is 1.54 bits per heavy atom. The molecule has 1 aliphatic rings. The molecule has 26 heavy (non-hydrogen) atoms. The Kier molecular flexibility index (Phi) is 7.44. The van der Waals surface area contributed by atoms with E-state index in [1.807, 2.05) is 43.0 Å². The fraction of sp³-hybridized carbons (Fsp3) is 0.526. The van der Waals surface area contributed by atoms with Crippen molar-refractivity contribution in [3.05, 3.63) is 35.4 Å². The van der Waals surface area contributed by atoms with Crippen LogP contribution in [-0.2, 0) is 11.3 Å². The van der Waals surface area contributed by atoms with Crippen LogP contribution in [0.2, 0.25) is 0 Å². The van der Waals surface area contributed by atoms with Gasteiger partial charge in [0.25, 0.3) is 5.91 Å². The van der Waals surface area contributed by atoms with Crippen LogP contribution in [0, 0.1) is 0 Å². The van der Waals surface area contributed by atoms with Gasteiger partial charge in [-0.05, 0) is 31.5 Å². The van der Waals surface area contributed by atoms with E-state index in [1.165, 1.54) is 0 Å². The van der Waals surface area contributed by atoms with E-state index < -0.39 is 0 Å². The first-order valence-electron chi connectivity index (χ1n) is 9.21. The van der Waals surface area contributed by atoms with Crippen LogP contribution in [0.5, 0.6) is 0 Å². The van der Waals surface area contributed by atoms with Crippen LogP contribution in [0.25, 0.3) is 0 Å². The zero-order chi connectivity index (χ0) is 18.9. The molecule has 0 saturated carbocycles. The first-order valence-corrected chi connectivity index (χ1v) is 9.21. The molecule has 1 fully saturated rings. The number of benzene rings is 1. The van der Waals surface area contributed by atoms with Crippen molar-refractivity contribution in [2.24, 2.45) is 4.99 Å². The Bertz CT molecular complexity index is 634. The van der Waals surface area contributed by atoms with Crippen LogP contribution in [-0.4, -0.2) is 66.8 Å². The molecule has 0 atom stereocenters. The second kappa shape index (κ2) is 9.79. The molecule has 2 rings (SSSR count). The zero-order valence-electron chi connectivity index (χ0n) is 15.9. The molecule has 2 amide bonds. The Labute approximate surface area is 155 Å². The average Bonchev–Trinajstić information content (AvgIpc) is 2.66. The first kappa shape index (κ1) is 19.8. The summed E-state index contributed by atoms with van der Waals surface area (Å²) in [4.78, 5) is 32.0. The Balaban J connectivity index is 1.98. The summed E-state index contributed by atoms with van der Waals surface area (Å²) in [5.74, 6) is 0.932. The van der Waals surface area contributed by atoms with Crippen molar-refractivity contribution in [3.63, 3.8) is 0 Å². The van der Waals surface area contributed by atoms with Crippen molar-refractivity contribution < 1.29 is 9.59 Å². The van der Waals surface area contributed by atoms with Gasteiger partial charge in [-0.15, -0.1) is 0 Å². The summed E-state index contributed by atoms with van der Waals surface area (Å²) < 4.78 is 0. The van der Waals surface area contributed by atoms with Gasteiger partial charge >= 0.3 is 0 Å². The number of rotatable bonds is 5. The lowest BCUT2D eigenvalue weighted by molar-refractivity contribution is -0.130. The van der Waals surface area contributed by atoms with E-state index in [0.29, 0.717) is 18.7 Å². The van der Waals surface area contributed by atoms with Gasteiger partial charge in [0.1, 0.15) is 0 Å². The summed E-state index contributed by atoms with van der Waals surface area (Å²) in [5.41, 5.74) is 1.71. The summed E-state index contributed by atoms with van der Waals surface area (Å²) in [5, 5.41) is 6.11. The second-order valence-electron chi connectivity index (χ2n) is 6.22. The average molecular weight is 359 g/mol. The van der Waals surface area contributed by atoms with Crippen LogP contribution in [0.1, 0.15) is 36.7 Å². The third kappa shape index (κ3) is 5.47. The summed E-state index contributed by atoms with van der Waals surface area (Å²) in [6.45, 7) is 10.5. The predicted molar refractivity (Wildman–Crippen MR) is 103 cm³/mol. The normalized spacial score (nSPS) is 15.0. The maximum Gasteiger partial charge on any atom is 0.251 e. The highest BCUT2D eigenvalue weighted by Crippen LogP contribution is 2.08. The van der Waals surface area contributed by atoms with Crippen molar-refractivity contribution >= 4 is 17.8 Å². The smallest absolute Gasteiger partial charge is 0.251 e. The van der Waals surface area contributed by atoms with E-state index in [-0.39, 0.29) is 11.8 Å². The number of nitrogens with zero attached hydrogens (tertiary/aromatic N) is 3. The highest BCUT2D eigenvalue weighted by Gasteiger charge is 2.20. The zero-order valence-corrected chi connectivity index (χ0v) is 15.9. The van der Waals surface area contributed by atoms with Crippen LogP contribution < -0.4 is 10.6 Å². The lowest BCUT2D eigenvalue weighted by atomic mass is 10.1. The predicted octanol–water partition coefficient (Wildman–Crippen LogP) is 1.07. The number of hydrogen-bond acceptors (Lipinski definition) is 3. The van der Waals surface area contributed by atoms with Crippen LogP contribution >= 0.6 is 0 Å². The molecule has 0 aliphatic carbocycles. The number of hydrogen-bond donors (Lipinski definition) is 2. The highest BCUT2D eigenvalue weighted by atomic mass is 16.2. The Morgan fingerprint density at radius 1 is 0.962 bits per heavy atom. The van der Waals surface area contributed by atoms with Crippen LogP contribution in [0.15, 0.2) is 29.3 Å². The van der Waals surface area contributed by atoms with Crippen molar-refractivity contribution in [2.45, 2.75) is 27.3 Å². The number of carbonyl (C=O) groups is 2. The van der Waals surface area contributed by atoms with Crippen molar-refractivity contribution in [1.29, 1.82) is 0 Å². The molecule has 1 saturated heterocycles. The van der Waals surface area contributed by atoms with Crippen molar-refractivity contribution in [2.75, 3.05) is 39.3 Å². The molecule has 1 aromatic carbocycles. The van der Waals surface area contributed by atoms with Crippen LogP contribution in [0.3, 0.4) is 0 Å². The molecular weight excluding hydrogens is 330 g/mol. The van der Waals surface area contributed by atoms with E-state index in [2.05, 4.69) is 15.5 Å². The third-order valence-electron chi connectivity index (χ3n) is 4.32. The molecule has 2 N–H and O–H groups in total. The Hall–Kier alpha value is -2.57. The lowest BCUT2D eigenvalue weighted by Crippen LogP contribution is -2.53. The molecule has 142 valence electrons. The monoisotopic (exact) mass is 359 g/mol. The van der Waals surface area contributed by atoms with E-state index in [1.54, 1.807) is 6.92 Å². The summed E-state index contributed by atoms with van der Waals surface area (Å²) in [6, 6.07) is 7.53. The van der Waals surface area contributed by atoms with Gasteiger partial charge in [-0.3, -0.25) is 9.59 Å². The van der Waals surface area contributed by atoms with E-state index in [9.17, 15) is 9.59 Å². The maximum absolute atomic E-state index is 11.8. The van der Waals surface area contributed by atoms with Crippen LogP contribution in [0.4, 0.5) is 0 Å². The molecule has 7 heteroatoms. The number of piperazine rings is 1. The van der Waals surface area contributed by atoms with Gasteiger partial charge in [0, 0.05) is 51.8 Å². The minimum absolute atomic E-state index is 0.0563. The molecule has 1 aliphatic heterocycles. The van der Waals surface area contributed by atoms with Gasteiger partial charge in [-0.2, -0.15) is 0 Å². The summed E-state index contributed by atoms with van der Waals surface area (Å²) >= 11 is 0. The van der Waals surface area contributed by atoms with Gasteiger partial charge in [0.2, 0.25) is 5.91 Å². The molecule has 0 unspecified atom stereocenters.